The third-order valence-electron chi connectivity index (χ3n) is 5.76. The first kappa shape index (κ1) is 29.7. The summed E-state index contributed by atoms with van der Waals surface area (Å²) < 4.78 is 55.2. The van der Waals surface area contributed by atoms with Crippen molar-refractivity contribution in [3.63, 3.8) is 0 Å². The molecule has 0 radical (unpaired) electrons. The van der Waals surface area contributed by atoms with Gasteiger partial charge < -0.3 is 19.1 Å². The number of aromatic nitrogens is 2. The Morgan fingerprint density at radius 2 is 1.73 bits per heavy atom. The van der Waals surface area contributed by atoms with Crippen molar-refractivity contribution in [1.29, 1.82) is 0 Å². The fourth-order valence-corrected chi connectivity index (χ4v) is 7.09. The standard InChI is InChI=1S/C26H29N4O7PS2/c1-4-36-38(32,37-5-2)26(18-8-12-20(35-3)13-9-18)28-25(31)22-17-23(24-7-6-16-39-24)30(29-22)19-10-14-21(15-11-19)40(27,33)34/h6-17,26H,4-5H2,1-3H3,(H,28,31)(H2,27,33,34). The first-order valence-corrected chi connectivity index (χ1v) is 16.2. The van der Waals surface area contributed by atoms with E-state index in [0.29, 0.717) is 22.7 Å². The number of nitrogens with zero attached hydrogens (tertiary/aromatic N) is 2. The van der Waals surface area contributed by atoms with Crippen LogP contribution in [0.2, 0.25) is 0 Å². The van der Waals surface area contributed by atoms with Gasteiger partial charge in [0.05, 0.1) is 41.5 Å². The fraction of sp³-hybridized carbons (Fsp3) is 0.231. The molecule has 0 saturated heterocycles. The molecule has 0 aliphatic rings. The molecule has 40 heavy (non-hydrogen) atoms. The topological polar surface area (TPSA) is 152 Å². The van der Waals surface area contributed by atoms with Crippen molar-refractivity contribution < 1.29 is 31.6 Å². The number of hydrogen-bond donors (Lipinski definition) is 2. The SMILES string of the molecule is CCOP(=O)(OCC)C(NC(=O)c1cc(-c2cccs2)n(-c2ccc(S(N)(=O)=O)cc2)n1)c1ccc(OC)cc1. The van der Waals surface area contributed by atoms with E-state index in [2.05, 4.69) is 10.4 Å². The number of rotatable bonds is 12. The van der Waals surface area contributed by atoms with Crippen LogP contribution in [0.1, 0.15) is 35.7 Å². The molecule has 0 fully saturated rings. The van der Waals surface area contributed by atoms with Crippen LogP contribution in [0.3, 0.4) is 0 Å². The van der Waals surface area contributed by atoms with Gasteiger partial charge in [-0.15, -0.1) is 11.3 Å². The van der Waals surface area contributed by atoms with Gasteiger partial charge in [-0.1, -0.05) is 18.2 Å². The molecular formula is C26H29N4O7PS2. The third kappa shape index (κ3) is 6.52. The van der Waals surface area contributed by atoms with Gasteiger partial charge in [0, 0.05) is 0 Å². The van der Waals surface area contributed by atoms with Gasteiger partial charge in [0.25, 0.3) is 5.91 Å². The number of ether oxygens (including phenoxy) is 1. The number of primary sulfonamides is 1. The van der Waals surface area contributed by atoms with Gasteiger partial charge in [-0.3, -0.25) is 9.36 Å². The zero-order valence-electron chi connectivity index (χ0n) is 22.0. The molecule has 4 rings (SSSR count). The molecule has 0 bridgehead atoms. The van der Waals surface area contributed by atoms with E-state index in [1.54, 1.807) is 56.3 Å². The maximum atomic E-state index is 13.9. The molecule has 1 atom stereocenters. The second-order valence-corrected chi connectivity index (χ2v) is 13.0. The molecule has 0 aliphatic carbocycles. The summed E-state index contributed by atoms with van der Waals surface area (Å²) >= 11 is 1.44. The number of hydrogen-bond acceptors (Lipinski definition) is 9. The van der Waals surface area contributed by atoms with Crippen LogP contribution < -0.4 is 15.2 Å². The van der Waals surface area contributed by atoms with Crippen molar-refractivity contribution in [1.82, 2.24) is 15.1 Å². The summed E-state index contributed by atoms with van der Waals surface area (Å²) in [6.07, 6.45) is 0. The summed E-state index contributed by atoms with van der Waals surface area (Å²) in [7, 11) is -6.21. The Bertz CT molecular complexity index is 1590. The monoisotopic (exact) mass is 604 g/mol. The molecule has 0 spiro atoms. The van der Waals surface area contributed by atoms with E-state index in [4.69, 9.17) is 18.9 Å². The summed E-state index contributed by atoms with van der Waals surface area (Å²) in [6, 6.07) is 17.9. The Morgan fingerprint density at radius 1 is 1.07 bits per heavy atom. The molecule has 1 unspecified atom stereocenters. The number of carbonyl (C=O) groups is 1. The van der Waals surface area contributed by atoms with Crippen molar-refractivity contribution in [3.05, 3.63) is 83.4 Å². The van der Waals surface area contributed by atoms with Crippen LogP contribution in [0.15, 0.2) is 77.0 Å². The van der Waals surface area contributed by atoms with E-state index in [1.807, 2.05) is 17.5 Å². The second kappa shape index (κ2) is 12.5. The maximum Gasteiger partial charge on any atom is 0.357 e. The number of nitrogens with one attached hydrogen (secondary N) is 1. The summed E-state index contributed by atoms with van der Waals surface area (Å²) in [5.41, 5.74) is 1.64. The number of benzene rings is 2. The molecule has 2 aromatic carbocycles. The minimum atomic E-state index is -3.88. The normalized spacial score (nSPS) is 12.7. The Kier molecular flexibility index (Phi) is 9.24. The second-order valence-electron chi connectivity index (χ2n) is 8.37. The number of carbonyl (C=O) groups excluding carboxylic acids is 1. The Hall–Kier alpha value is -3.32. The highest BCUT2D eigenvalue weighted by molar-refractivity contribution is 7.89. The van der Waals surface area contributed by atoms with Crippen molar-refractivity contribution in [3.8, 4) is 22.0 Å². The molecule has 0 aliphatic heterocycles. The molecule has 14 heteroatoms. The highest BCUT2D eigenvalue weighted by atomic mass is 32.2. The van der Waals surface area contributed by atoms with E-state index in [0.717, 1.165) is 4.88 Å². The number of sulfonamides is 1. The third-order valence-corrected chi connectivity index (χ3v) is 9.88. The first-order valence-electron chi connectivity index (χ1n) is 12.2. The zero-order chi connectivity index (χ0) is 28.9. The number of amides is 1. The molecule has 3 N–H and O–H groups in total. The largest absolute Gasteiger partial charge is 0.497 e. The molecule has 11 nitrogen and oxygen atoms in total. The van der Waals surface area contributed by atoms with Crippen LogP contribution in [0.4, 0.5) is 0 Å². The lowest BCUT2D eigenvalue weighted by Crippen LogP contribution is -2.30. The molecular weight excluding hydrogens is 575 g/mol. The average molecular weight is 605 g/mol. The summed E-state index contributed by atoms with van der Waals surface area (Å²) in [5, 5.41) is 14.4. The van der Waals surface area contributed by atoms with Crippen LogP contribution in [0, 0.1) is 0 Å². The van der Waals surface area contributed by atoms with Crippen LogP contribution in [-0.2, 0) is 23.6 Å². The lowest BCUT2D eigenvalue weighted by atomic mass is 10.2. The van der Waals surface area contributed by atoms with Gasteiger partial charge in [-0.2, -0.15) is 5.10 Å². The molecule has 2 heterocycles. The molecule has 4 aromatic rings. The van der Waals surface area contributed by atoms with Crippen molar-refractivity contribution in [2.24, 2.45) is 5.14 Å². The van der Waals surface area contributed by atoms with Gasteiger partial charge in [-0.05, 0) is 73.3 Å². The maximum absolute atomic E-state index is 13.9. The van der Waals surface area contributed by atoms with Gasteiger partial charge in [0.15, 0.2) is 11.5 Å². The first-order chi connectivity index (χ1) is 19.1. The molecule has 212 valence electrons. The van der Waals surface area contributed by atoms with Gasteiger partial charge in [-0.25, -0.2) is 18.2 Å². The van der Waals surface area contributed by atoms with Crippen molar-refractivity contribution in [2.45, 2.75) is 24.5 Å². The summed E-state index contributed by atoms with van der Waals surface area (Å²) in [4.78, 5) is 14.4. The Morgan fingerprint density at radius 3 is 2.25 bits per heavy atom. The Labute approximate surface area is 236 Å². The van der Waals surface area contributed by atoms with Crippen molar-refractivity contribution in [2.75, 3.05) is 20.3 Å². The quantitative estimate of drug-likeness (QED) is 0.216. The van der Waals surface area contributed by atoms with E-state index in [1.165, 1.54) is 35.3 Å². The van der Waals surface area contributed by atoms with Crippen LogP contribution >= 0.6 is 18.9 Å². The van der Waals surface area contributed by atoms with Gasteiger partial charge in [0.1, 0.15) is 5.75 Å². The predicted molar refractivity (Wildman–Crippen MR) is 152 cm³/mol. The average Bonchev–Trinajstić information content (AvgIpc) is 3.62. The molecule has 0 saturated carbocycles. The minimum absolute atomic E-state index is 0.0389. The fourth-order valence-electron chi connectivity index (χ4n) is 3.94. The number of methoxy groups -OCH3 is 1. The van der Waals surface area contributed by atoms with Gasteiger partial charge in [0.2, 0.25) is 10.0 Å². The zero-order valence-corrected chi connectivity index (χ0v) is 24.5. The van der Waals surface area contributed by atoms with E-state index >= 15 is 0 Å². The van der Waals surface area contributed by atoms with Crippen LogP contribution in [-0.4, -0.2) is 44.4 Å². The van der Waals surface area contributed by atoms with E-state index < -0.39 is 29.3 Å². The smallest absolute Gasteiger partial charge is 0.357 e. The lowest BCUT2D eigenvalue weighted by Gasteiger charge is -2.27. The van der Waals surface area contributed by atoms with E-state index in [-0.39, 0.29) is 23.8 Å². The molecule has 1 amide bonds. The highest BCUT2D eigenvalue weighted by Gasteiger charge is 2.39. The molecule has 2 aromatic heterocycles. The Balaban J connectivity index is 1.75. The van der Waals surface area contributed by atoms with Gasteiger partial charge >= 0.3 is 7.60 Å². The highest BCUT2D eigenvalue weighted by Crippen LogP contribution is 2.59. The predicted octanol–water partition coefficient (Wildman–Crippen LogP) is 4.95. The number of nitrogens with two attached hydrogens (primary N) is 1. The van der Waals surface area contributed by atoms with Crippen LogP contribution in [0.25, 0.3) is 16.3 Å². The lowest BCUT2D eigenvalue weighted by molar-refractivity contribution is 0.0931. The summed E-state index contributed by atoms with van der Waals surface area (Å²) in [5.74, 6) is -1.15. The summed E-state index contributed by atoms with van der Waals surface area (Å²) in [6.45, 7) is 3.58. The van der Waals surface area contributed by atoms with E-state index in [9.17, 15) is 17.8 Å². The minimum Gasteiger partial charge on any atom is -0.497 e. The van der Waals surface area contributed by atoms with Crippen molar-refractivity contribution >= 4 is 34.9 Å². The number of thiophene rings is 1. The van der Waals surface area contributed by atoms with Crippen LogP contribution in [0.5, 0.6) is 5.75 Å².